The zero-order valence-corrected chi connectivity index (χ0v) is 13.6. The first-order chi connectivity index (χ1) is 12.6. The molecule has 1 aliphatic rings. The Morgan fingerprint density at radius 1 is 0.793 bits per heavy atom. The molecule has 0 saturated carbocycles. The van der Waals surface area contributed by atoms with Crippen molar-refractivity contribution in [3.05, 3.63) is 11.6 Å². The van der Waals surface area contributed by atoms with Crippen molar-refractivity contribution in [1.82, 2.24) is 5.32 Å². The van der Waals surface area contributed by atoms with Crippen LogP contribution in [0, 0.1) is 0 Å². The van der Waals surface area contributed by atoms with E-state index in [-0.39, 0.29) is 0 Å². The van der Waals surface area contributed by atoms with E-state index >= 15 is 0 Å². The molecule has 0 spiro atoms. The van der Waals surface area contributed by atoms with Gasteiger partial charge in [0.25, 0.3) is 11.8 Å². The second-order valence-corrected chi connectivity index (χ2v) is 5.75. The number of hydrogen-bond donors (Lipinski definition) is 1. The standard InChI is InChI=1S/C13H8F13NO2/c1-2-5(14)9(17,18)11(21,22)13(25,26)12(23,24)10(19,20)8(15,16)4-3-6(28)27-7(4)29/h3,5H,2H2,1H3,(H,27,28,29). The molecule has 0 radical (unpaired) electrons. The van der Waals surface area contributed by atoms with Gasteiger partial charge in [-0.3, -0.25) is 14.9 Å². The van der Waals surface area contributed by atoms with Crippen LogP contribution in [0.3, 0.4) is 0 Å². The van der Waals surface area contributed by atoms with Gasteiger partial charge in [0.1, 0.15) is 0 Å². The van der Waals surface area contributed by atoms with Crippen molar-refractivity contribution in [1.29, 1.82) is 0 Å². The van der Waals surface area contributed by atoms with E-state index in [1.807, 2.05) is 0 Å². The summed E-state index contributed by atoms with van der Waals surface area (Å²) in [6.45, 7) is 0.385. The summed E-state index contributed by atoms with van der Waals surface area (Å²) in [6, 6.07) is 0. The van der Waals surface area contributed by atoms with Crippen molar-refractivity contribution in [2.75, 3.05) is 0 Å². The van der Waals surface area contributed by atoms with E-state index in [0.717, 1.165) is 5.32 Å². The van der Waals surface area contributed by atoms with Crippen LogP contribution in [0.25, 0.3) is 0 Å². The number of rotatable bonds is 8. The predicted molar refractivity (Wildman–Crippen MR) is 66.1 cm³/mol. The molecule has 0 aromatic carbocycles. The highest BCUT2D eigenvalue weighted by Gasteiger charge is 2.91. The smallest absolute Gasteiger partial charge is 0.289 e. The minimum atomic E-state index is -7.96. The third kappa shape index (κ3) is 3.14. The lowest BCUT2D eigenvalue weighted by molar-refractivity contribution is -0.425. The SMILES string of the molecule is CCC(F)C(F)(F)C(F)(F)C(F)(F)C(F)(F)C(F)(F)C(F)(F)C1=CC(=O)NC1=O. The lowest BCUT2D eigenvalue weighted by Crippen LogP contribution is -2.72. The number of alkyl halides is 13. The Hall–Kier alpha value is -2.03. The van der Waals surface area contributed by atoms with Crippen molar-refractivity contribution < 1.29 is 66.7 Å². The Bertz CT molecular complexity index is 728. The summed E-state index contributed by atoms with van der Waals surface area (Å²) in [6.07, 6.45) is -6.60. The molecular formula is C13H8F13NO2. The topological polar surface area (TPSA) is 46.2 Å². The highest BCUT2D eigenvalue weighted by atomic mass is 19.4. The summed E-state index contributed by atoms with van der Waals surface area (Å²) in [5.74, 6) is -48.8. The summed E-state index contributed by atoms with van der Waals surface area (Å²) in [4.78, 5) is 21.7. The molecule has 1 atom stereocenters. The molecule has 0 aliphatic carbocycles. The zero-order chi connectivity index (χ0) is 23.4. The van der Waals surface area contributed by atoms with Crippen molar-refractivity contribution >= 4 is 11.8 Å². The molecule has 1 N–H and O–H groups in total. The van der Waals surface area contributed by atoms with Crippen LogP contribution in [-0.2, 0) is 9.59 Å². The maximum Gasteiger partial charge on any atom is 0.385 e. The Kier molecular flexibility index (Phi) is 5.82. The molecule has 0 fully saturated rings. The second kappa shape index (κ2) is 6.75. The van der Waals surface area contributed by atoms with Gasteiger partial charge in [-0.25, -0.2) is 4.39 Å². The average molecular weight is 457 g/mol. The van der Waals surface area contributed by atoms with Crippen LogP contribution >= 0.6 is 0 Å². The molecule has 0 aromatic heterocycles. The summed E-state index contributed by atoms with van der Waals surface area (Å²) in [5.41, 5.74) is -2.81. The Morgan fingerprint density at radius 3 is 1.55 bits per heavy atom. The largest absolute Gasteiger partial charge is 0.385 e. The predicted octanol–water partition coefficient (Wildman–Crippen LogP) is 4.13. The molecule has 16 heteroatoms. The Balaban J connectivity index is 3.60. The van der Waals surface area contributed by atoms with Gasteiger partial charge in [0.2, 0.25) is 0 Å². The van der Waals surface area contributed by atoms with Crippen molar-refractivity contribution in [3.63, 3.8) is 0 Å². The van der Waals surface area contributed by atoms with Crippen LogP contribution in [0.2, 0.25) is 0 Å². The number of hydrogen-bond acceptors (Lipinski definition) is 2. The van der Waals surface area contributed by atoms with Crippen molar-refractivity contribution in [3.8, 4) is 0 Å². The first-order valence-electron chi connectivity index (χ1n) is 7.13. The van der Waals surface area contributed by atoms with Crippen LogP contribution in [0.15, 0.2) is 11.6 Å². The normalized spacial score (nSPS) is 18.6. The van der Waals surface area contributed by atoms with Crippen LogP contribution in [0.5, 0.6) is 0 Å². The van der Waals surface area contributed by atoms with Gasteiger partial charge in [-0.05, 0) is 6.42 Å². The minimum Gasteiger partial charge on any atom is -0.289 e. The van der Waals surface area contributed by atoms with E-state index in [2.05, 4.69) is 0 Å². The quantitative estimate of drug-likeness (QED) is 0.441. The van der Waals surface area contributed by atoms with Gasteiger partial charge in [-0.15, -0.1) is 0 Å². The number of carbonyl (C=O) groups is 2. The van der Waals surface area contributed by atoms with Crippen molar-refractivity contribution in [2.24, 2.45) is 0 Å². The highest BCUT2D eigenvalue weighted by Crippen LogP contribution is 2.61. The van der Waals surface area contributed by atoms with Crippen molar-refractivity contribution in [2.45, 2.75) is 55.1 Å². The van der Waals surface area contributed by atoms with E-state index in [4.69, 9.17) is 0 Å². The third-order valence-corrected chi connectivity index (χ3v) is 3.84. The van der Waals surface area contributed by atoms with Crippen LogP contribution in [-0.4, -0.2) is 53.5 Å². The van der Waals surface area contributed by atoms with E-state index in [0.29, 0.717) is 6.92 Å². The first kappa shape index (κ1) is 25.0. The molecule has 0 bridgehead atoms. The molecule has 2 amide bonds. The van der Waals surface area contributed by atoms with Gasteiger partial charge in [-0.2, -0.15) is 52.7 Å². The average Bonchev–Trinajstić information content (AvgIpc) is 2.91. The maximum absolute atomic E-state index is 13.7. The van der Waals surface area contributed by atoms with Gasteiger partial charge in [-0.1, -0.05) is 6.92 Å². The Labute approximate surface area is 151 Å². The number of halogens is 13. The number of carbonyl (C=O) groups excluding carboxylic acids is 2. The molecule has 0 aromatic rings. The molecular weight excluding hydrogens is 449 g/mol. The maximum atomic E-state index is 13.7. The van der Waals surface area contributed by atoms with Crippen LogP contribution < -0.4 is 5.32 Å². The lowest BCUT2D eigenvalue weighted by Gasteiger charge is -2.41. The van der Waals surface area contributed by atoms with Gasteiger partial charge in [0.05, 0.1) is 5.57 Å². The zero-order valence-electron chi connectivity index (χ0n) is 13.6. The second-order valence-electron chi connectivity index (χ2n) is 5.75. The number of nitrogens with one attached hydrogen (secondary N) is 1. The van der Waals surface area contributed by atoms with E-state index in [1.165, 1.54) is 0 Å². The molecule has 1 unspecified atom stereocenters. The molecule has 0 saturated heterocycles. The fraction of sp³-hybridized carbons (Fsp3) is 0.692. The molecule has 1 rings (SSSR count). The summed E-state index contributed by atoms with van der Waals surface area (Å²) >= 11 is 0. The fourth-order valence-corrected chi connectivity index (χ4v) is 2.07. The van der Waals surface area contributed by atoms with E-state index in [9.17, 15) is 66.7 Å². The summed E-state index contributed by atoms with van der Waals surface area (Å²) in [5, 5.41) is 0.878. The third-order valence-electron chi connectivity index (χ3n) is 3.84. The molecule has 1 aliphatic heterocycles. The highest BCUT2D eigenvalue weighted by molar-refractivity contribution is 6.17. The molecule has 1 heterocycles. The van der Waals surface area contributed by atoms with Gasteiger partial charge in [0.15, 0.2) is 6.17 Å². The summed E-state index contributed by atoms with van der Waals surface area (Å²) in [7, 11) is 0. The molecule has 3 nitrogen and oxygen atoms in total. The van der Waals surface area contributed by atoms with Gasteiger partial charge >= 0.3 is 35.5 Å². The van der Waals surface area contributed by atoms with Gasteiger partial charge in [0, 0.05) is 6.08 Å². The van der Waals surface area contributed by atoms with Crippen LogP contribution in [0.1, 0.15) is 13.3 Å². The van der Waals surface area contributed by atoms with E-state index < -0.39 is 71.6 Å². The fourth-order valence-electron chi connectivity index (χ4n) is 2.07. The van der Waals surface area contributed by atoms with E-state index in [1.54, 1.807) is 0 Å². The molecule has 168 valence electrons. The monoisotopic (exact) mass is 457 g/mol. The minimum absolute atomic E-state index is 0.385. The van der Waals surface area contributed by atoms with Crippen LogP contribution in [0.4, 0.5) is 57.1 Å². The van der Waals surface area contributed by atoms with Gasteiger partial charge < -0.3 is 0 Å². The molecule has 29 heavy (non-hydrogen) atoms. The summed E-state index contributed by atoms with van der Waals surface area (Å²) < 4.78 is 175. The first-order valence-corrected chi connectivity index (χ1v) is 7.13. The number of imide groups is 1. The lowest BCUT2D eigenvalue weighted by atomic mass is 9.87. The Morgan fingerprint density at radius 2 is 1.21 bits per heavy atom. The number of amides is 2.